The molecule has 0 bridgehead atoms. The van der Waals surface area contributed by atoms with Crippen LogP contribution in [0.25, 0.3) is 0 Å². The van der Waals surface area contributed by atoms with Crippen molar-refractivity contribution >= 4 is 16.6 Å². The smallest absolute Gasteiger partial charge is 0.250 e. The molecule has 0 saturated carbocycles. The van der Waals surface area contributed by atoms with E-state index in [0.717, 1.165) is 18.3 Å². The fourth-order valence-electron chi connectivity index (χ4n) is 2.79. The first-order valence-corrected chi connectivity index (χ1v) is 16.3. The van der Waals surface area contributed by atoms with Gasteiger partial charge in [-0.25, -0.2) is 13.2 Å². The lowest BCUT2D eigenvalue weighted by molar-refractivity contribution is 0.202. The van der Waals surface area contributed by atoms with Gasteiger partial charge in [0.15, 0.2) is 19.9 Å². The van der Waals surface area contributed by atoms with Gasteiger partial charge >= 0.3 is 0 Å². The van der Waals surface area contributed by atoms with E-state index in [1.807, 2.05) is 67.7 Å². The summed E-state index contributed by atoms with van der Waals surface area (Å²) in [7, 11) is -4.97. The molecule has 0 fully saturated rings. The second kappa shape index (κ2) is 8.08. The van der Waals surface area contributed by atoms with Crippen LogP contribution < -0.4 is 4.43 Å². The quantitative estimate of drug-likeness (QED) is 0.498. The van der Waals surface area contributed by atoms with Crippen LogP contribution in [0.15, 0.2) is 18.3 Å². The number of rotatable bonds is 5. The van der Waals surface area contributed by atoms with Crippen molar-refractivity contribution in [2.24, 2.45) is 0 Å². The lowest BCUT2D eigenvalue weighted by Crippen LogP contribution is -2.47. The Morgan fingerprint density at radius 1 is 0.935 bits per heavy atom. The monoisotopic (exact) mass is 472 g/mol. The van der Waals surface area contributed by atoms with E-state index in [2.05, 4.69) is 5.10 Å². The molecule has 2 aromatic rings. The van der Waals surface area contributed by atoms with E-state index in [0.29, 0.717) is 0 Å². The van der Waals surface area contributed by atoms with Crippen LogP contribution >= 0.6 is 0 Å². The molecule has 9 heteroatoms. The number of halogens is 3. The highest BCUT2D eigenvalue weighted by Crippen LogP contribution is 2.43. The Labute approximate surface area is 185 Å². The Morgan fingerprint density at radius 3 is 1.97 bits per heavy atom. The molecule has 1 heterocycles. The molecule has 0 amide bonds. The average molecular weight is 473 g/mol. The van der Waals surface area contributed by atoms with Crippen LogP contribution in [-0.4, -0.2) is 31.1 Å². The topological polar surface area (TPSA) is 47.3 Å². The molecule has 1 aromatic carbocycles. The molecular formula is C22H35F3N2O2Si2. The zero-order valence-electron chi connectivity index (χ0n) is 20.2. The van der Waals surface area contributed by atoms with Crippen LogP contribution in [0.5, 0.6) is 5.75 Å². The molecule has 0 aliphatic carbocycles. The first kappa shape index (κ1) is 25.7. The van der Waals surface area contributed by atoms with E-state index in [-0.39, 0.29) is 27.1 Å². The second-order valence-electron chi connectivity index (χ2n) is 11.2. The lowest BCUT2D eigenvalue weighted by atomic mass is 10.0. The second-order valence-corrected chi connectivity index (χ2v) is 20.9. The van der Waals surface area contributed by atoms with E-state index >= 15 is 0 Å². The predicted molar refractivity (Wildman–Crippen MR) is 123 cm³/mol. The normalized spacial score (nSPS) is 14.6. The summed E-state index contributed by atoms with van der Waals surface area (Å²) in [6.45, 7) is 19.9. The van der Waals surface area contributed by atoms with Gasteiger partial charge in [-0.15, -0.1) is 0 Å². The molecule has 1 unspecified atom stereocenters. The van der Waals surface area contributed by atoms with Crippen molar-refractivity contribution in [3.63, 3.8) is 0 Å². The molecule has 174 valence electrons. The van der Waals surface area contributed by atoms with Gasteiger partial charge in [-0.3, -0.25) is 4.35 Å². The summed E-state index contributed by atoms with van der Waals surface area (Å²) >= 11 is 0. The SMILES string of the molecule is CC(C)(C)[Si](C)(C)Oc1c(F)cc(F)cc1C(O)c1c(F)cnn1[Si](C)(C)C(C)(C)C. The minimum atomic E-state index is -2.53. The van der Waals surface area contributed by atoms with Crippen LogP contribution in [0.4, 0.5) is 13.2 Å². The van der Waals surface area contributed by atoms with Gasteiger partial charge in [0.1, 0.15) is 17.7 Å². The Balaban J connectivity index is 2.71. The van der Waals surface area contributed by atoms with Gasteiger partial charge in [0.2, 0.25) is 0 Å². The molecule has 31 heavy (non-hydrogen) atoms. The molecule has 1 atom stereocenters. The van der Waals surface area contributed by atoms with Gasteiger partial charge in [-0.05, 0) is 42.3 Å². The van der Waals surface area contributed by atoms with Gasteiger partial charge in [0, 0.05) is 11.6 Å². The highest BCUT2D eigenvalue weighted by Gasteiger charge is 2.43. The van der Waals surface area contributed by atoms with Crippen molar-refractivity contribution < 1.29 is 22.7 Å². The molecule has 0 saturated heterocycles. The van der Waals surface area contributed by atoms with Gasteiger partial charge in [0.25, 0.3) is 8.32 Å². The van der Waals surface area contributed by atoms with E-state index in [1.165, 1.54) is 4.35 Å². The van der Waals surface area contributed by atoms with Crippen LogP contribution in [-0.2, 0) is 0 Å². The average Bonchev–Trinajstić information content (AvgIpc) is 2.96. The zero-order chi connectivity index (χ0) is 24.2. The third kappa shape index (κ3) is 4.78. The molecule has 0 aliphatic rings. The van der Waals surface area contributed by atoms with Gasteiger partial charge in [-0.2, -0.15) is 5.10 Å². The van der Waals surface area contributed by atoms with Crippen molar-refractivity contribution in [3.8, 4) is 5.75 Å². The molecule has 0 radical (unpaired) electrons. The van der Waals surface area contributed by atoms with Gasteiger partial charge in [0.05, 0.1) is 11.9 Å². The third-order valence-electron chi connectivity index (χ3n) is 6.88. The highest BCUT2D eigenvalue weighted by molar-refractivity contribution is 6.78. The number of hydrogen-bond donors (Lipinski definition) is 1. The van der Waals surface area contributed by atoms with Gasteiger partial charge in [-0.1, -0.05) is 41.5 Å². The zero-order valence-corrected chi connectivity index (χ0v) is 22.2. The van der Waals surface area contributed by atoms with E-state index < -0.39 is 40.1 Å². The summed E-state index contributed by atoms with van der Waals surface area (Å²) < 4.78 is 51.6. The maximum atomic E-state index is 14.9. The minimum Gasteiger partial charge on any atom is -0.541 e. The van der Waals surface area contributed by atoms with Gasteiger partial charge < -0.3 is 9.53 Å². The van der Waals surface area contributed by atoms with Crippen LogP contribution in [0.1, 0.15) is 58.9 Å². The maximum absolute atomic E-state index is 14.9. The van der Waals surface area contributed by atoms with Crippen LogP contribution in [0.2, 0.25) is 36.3 Å². The summed E-state index contributed by atoms with van der Waals surface area (Å²) in [5.41, 5.74) is -0.238. The van der Waals surface area contributed by atoms with Crippen LogP contribution in [0.3, 0.4) is 0 Å². The first-order chi connectivity index (χ1) is 13.8. The van der Waals surface area contributed by atoms with Crippen molar-refractivity contribution in [2.45, 2.75) is 83.9 Å². The Kier molecular flexibility index (Phi) is 6.69. The largest absolute Gasteiger partial charge is 0.541 e. The first-order valence-electron chi connectivity index (χ1n) is 10.4. The van der Waals surface area contributed by atoms with E-state index in [9.17, 15) is 18.3 Å². The molecule has 4 nitrogen and oxygen atoms in total. The highest BCUT2D eigenvalue weighted by atomic mass is 28.4. The Morgan fingerprint density at radius 2 is 1.48 bits per heavy atom. The molecule has 0 aliphatic heterocycles. The maximum Gasteiger partial charge on any atom is 0.250 e. The molecular weight excluding hydrogens is 437 g/mol. The minimum absolute atomic E-state index is 0.100. The summed E-state index contributed by atoms with van der Waals surface area (Å²) in [5.74, 6) is -2.74. The molecule has 1 N–H and O–H groups in total. The molecule has 1 aromatic heterocycles. The van der Waals surface area contributed by atoms with Crippen molar-refractivity contribution in [3.05, 3.63) is 47.0 Å². The number of aromatic nitrogens is 2. The Hall–Kier alpha value is -1.59. The molecule has 0 spiro atoms. The summed E-state index contributed by atoms with van der Waals surface area (Å²) in [4.78, 5) is 0. The summed E-state index contributed by atoms with van der Waals surface area (Å²) in [6, 6.07) is 1.73. The fourth-order valence-corrected chi connectivity index (χ4v) is 5.64. The number of hydrogen-bond acceptors (Lipinski definition) is 3. The number of nitrogens with zero attached hydrogens (tertiary/aromatic N) is 2. The van der Waals surface area contributed by atoms with Crippen molar-refractivity contribution in [1.29, 1.82) is 0 Å². The van der Waals surface area contributed by atoms with Crippen molar-refractivity contribution in [2.75, 3.05) is 0 Å². The number of aliphatic hydroxyl groups excluding tert-OH is 1. The van der Waals surface area contributed by atoms with E-state index in [4.69, 9.17) is 4.43 Å². The standard InChI is InChI=1S/C22H35F3N2O2Si2/c1-21(2,3)30(7,8)27-18(17(25)13-26-27)19(28)15-11-14(23)12-16(24)20(15)29-31(9,10)22(4,5)6/h11-13,19,28H,1-10H3. The van der Waals surface area contributed by atoms with Crippen molar-refractivity contribution in [1.82, 2.24) is 9.45 Å². The lowest BCUT2D eigenvalue weighted by Gasteiger charge is -2.39. The number of aliphatic hydroxyl groups is 1. The molecule has 2 rings (SSSR count). The van der Waals surface area contributed by atoms with E-state index in [1.54, 1.807) is 0 Å². The third-order valence-corrected chi connectivity index (χ3v) is 16.3. The Bertz CT molecular complexity index is 961. The number of benzene rings is 1. The van der Waals surface area contributed by atoms with Crippen LogP contribution in [0, 0.1) is 17.5 Å². The summed E-state index contributed by atoms with van der Waals surface area (Å²) in [5, 5.41) is 15.0. The predicted octanol–water partition coefficient (Wildman–Crippen LogP) is 6.62. The fraction of sp³-hybridized carbons (Fsp3) is 0.591. The summed E-state index contributed by atoms with van der Waals surface area (Å²) in [6.07, 6.45) is -0.593.